The van der Waals surface area contributed by atoms with Crippen LogP contribution in [-0.2, 0) is 20.0 Å². The van der Waals surface area contributed by atoms with E-state index in [1.807, 2.05) is 0 Å². The van der Waals surface area contributed by atoms with Crippen molar-refractivity contribution in [3.63, 3.8) is 0 Å². The maximum Gasteiger partial charge on any atom is 0.264 e. The monoisotopic (exact) mass is 398 g/mol. The molecule has 1 aromatic heterocycles. The van der Waals surface area contributed by atoms with Crippen LogP contribution < -0.4 is 9.44 Å². The summed E-state index contributed by atoms with van der Waals surface area (Å²) in [6.45, 7) is 1.94. The van der Waals surface area contributed by atoms with Gasteiger partial charge in [0.05, 0.1) is 16.6 Å². The van der Waals surface area contributed by atoms with Gasteiger partial charge in [-0.05, 0) is 36.4 Å². The minimum atomic E-state index is -3.88. The van der Waals surface area contributed by atoms with Gasteiger partial charge in [0, 0.05) is 12.2 Å². The van der Waals surface area contributed by atoms with Crippen LogP contribution in [0.15, 0.2) is 52.3 Å². The topological polar surface area (TPSA) is 118 Å². The summed E-state index contributed by atoms with van der Waals surface area (Å²) in [6.07, 6.45) is 0. The Bertz CT molecular complexity index is 1110. The van der Waals surface area contributed by atoms with Crippen molar-refractivity contribution >= 4 is 48.5 Å². The first-order valence-electron chi connectivity index (χ1n) is 7.17. The van der Waals surface area contributed by atoms with Gasteiger partial charge < -0.3 is 0 Å². The van der Waals surface area contributed by atoms with E-state index in [-0.39, 0.29) is 22.0 Å². The summed E-state index contributed by atoms with van der Waals surface area (Å²) in [4.78, 5) is 0.0752. The third kappa shape index (κ3) is 3.63. The molecule has 8 nitrogen and oxygen atoms in total. The van der Waals surface area contributed by atoms with E-state index < -0.39 is 20.0 Å². The van der Waals surface area contributed by atoms with Gasteiger partial charge in [0.25, 0.3) is 10.0 Å². The highest BCUT2D eigenvalue weighted by molar-refractivity contribution is 7.93. The molecule has 3 rings (SSSR count). The lowest BCUT2D eigenvalue weighted by Gasteiger charge is -2.09. The Kier molecular flexibility index (Phi) is 4.73. The SMILES string of the molecule is CCNS(=O)(=O)c1ccc(NS(=O)(=O)c2cccc3nsnc23)cc1. The fourth-order valence-corrected chi connectivity index (χ4v) is 5.05. The lowest BCUT2D eigenvalue weighted by atomic mass is 10.3. The molecule has 2 N–H and O–H groups in total. The van der Waals surface area contributed by atoms with Gasteiger partial charge in [-0.15, -0.1) is 0 Å². The number of nitrogens with zero attached hydrogens (tertiary/aromatic N) is 2. The van der Waals surface area contributed by atoms with Crippen molar-refractivity contribution in [3.05, 3.63) is 42.5 Å². The van der Waals surface area contributed by atoms with Crippen molar-refractivity contribution in [3.8, 4) is 0 Å². The van der Waals surface area contributed by atoms with Crippen molar-refractivity contribution in [2.75, 3.05) is 11.3 Å². The molecule has 0 saturated carbocycles. The summed E-state index contributed by atoms with van der Waals surface area (Å²) in [5.74, 6) is 0. The molecule has 0 atom stereocenters. The van der Waals surface area contributed by atoms with Gasteiger partial charge in [-0.2, -0.15) is 8.75 Å². The molecule has 0 aliphatic carbocycles. The second-order valence-electron chi connectivity index (χ2n) is 5.02. The smallest absolute Gasteiger partial charge is 0.264 e. The van der Waals surface area contributed by atoms with Crippen LogP contribution in [0.3, 0.4) is 0 Å². The summed E-state index contributed by atoms with van der Waals surface area (Å²) < 4.78 is 61.8. The second kappa shape index (κ2) is 6.67. The standard InChI is InChI=1S/C14H14N4O4S3/c1-2-15-24(19,20)11-8-6-10(7-9-11)18-25(21,22)13-5-3-4-12-14(13)17-23-16-12/h3-9,15,18H,2H2,1H3. The molecule has 0 bridgehead atoms. The maximum absolute atomic E-state index is 12.6. The molecule has 1 heterocycles. The number of nitrogens with one attached hydrogen (secondary N) is 2. The number of sulfonamides is 2. The largest absolute Gasteiger partial charge is 0.280 e. The number of fused-ring (bicyclic) bond motifs is 1. The van der Waals surface area contributed by atoms with E-state index in [1.165, 1.54) is 30.3 Å². The summed E-state index contributed by atoms with van der Waals surface area (Å²) in [5.41, 5.74) is 1.04. The molecular weight excluding hydrogens is 384 g/mol. The van der Waals surface area contributed by atoms with Crippen molar-refractivity contribution in [2.45, 2.75) is 16.7 Å². The summed E-state index contributed by atoms with van der Waals surface area (Å²) in [7, 11) is -7.47. The fraction of sp³-hybridized carbons (Fsp3) is 0.143. The van der Waals surface area contributed by atoms with Crippen molar-refractivity contribution < 1.29 is 16.8 Å². The van der Waals surface area contributed by atoms with Crippen LogP contribution in [0.25, 0.3) is 11.0 Å². The number of rotatable bonds is 6. The highest BCUT2D eigenvalue weighted by Crippen LogP contribution is 2.24. The Hall–Kier alpha value is -2.08. The van der Waals surface area contributed by atoms with Crippen molar-refractivity contribution in [1.82, 2.24) is 13.5 Å². The minimum absolute atomic E-state index is 0.0168. The van der Waals surface area contributed by atoms with E-state index in [4.69, 9.17) is 0 Å². The van der Waals surface area contributed by atoms with Crippen LogP contribution >= 0.6 is 11.7 Å². The predicted molar refractivity (Wildman–Crippen MR) is 95.5 cm³/mol. The van der Waals surface area contributed by atoms with Crippen molar-refractivity contribution in [2.24, 2.45) is 0 Å². The van der Waals surface area contributed by atoms with Gasteiger partial charge in [-0.25, -0.2) is 21.6 Å². The maximum atomic E-state index is 12.6. The molecule has 0 unspecified atom stereocenters. The third-order valence-electron chi connectivity index (χ3n) is 3.29. The Morgan fingerprint density at radius 1 is 0.960 bits per heavy atom. The molecule has 2 aromatic carbocycles. The molecule has 25 heavy (non-hydrogen) atoms. The van der Waals surface area contributed by atoms with Crippen LogP contribution in [0.5, 0.6) is 0 Å². The van der Waals surface area contributed by atoms with Crippen LogP contribution in [0.2, 0.25) is 0 Å². The quantitative estimate of drug-likeness (QED) is 0.653. The highest BCUT2D eigenvalue weighted by Gasteiger charge is 2.20. The lowest BCUT2D eigenvalue weighted by molar-refractivity contribution is 0.584. The zero-order valence-corrected chi connectivity index (χ0v) is 15.5. The van der Waals surface area contributed by atoms with Gasteiger partial charge in [-0.3, -0.25) is 4.72 Å². The van der Waals surface area contributed by atoms with Gasteiger partial charge in [0.15, 0.2) is 0 Å². The number of anilines is 1. The predicted octanol–water partition coefficient (Wildman–Crippen LogP) is 1.79. The number of benzene rings is 2. The van der Waals surface area contributed by atoms with E-state index in [9.17, 15) is 16.8 Å². The van der Waals surface area contributed by atoms with E-state index in [1.54, 1.807) is 19.1 Å². The van der Waals surface area contributed by atoms with E-state index >= 15 is 0 Å². The molecule has 0 fully saturated rings. The van der Waals surface area contributed by atoms with Crippen LogP contribution in [0, 0.1) is 0 Å². The molecule has 0 amide bonds. The molecule has 0 radical (unpaired) electrons. The lowest BCUT2D eigenvalue weighted by Crippen LogP contribution is -2.23. The van der Waals surface area contributed by atoms with Crippen LogP contribution in [-0.4, -0.2) is 32.1 Å². The Labute approximate surface area is 149 Å². The van der Waals surface area contributed by atoms with Gasteiger partial charge in [-0.1, -0.05) is 13.0 Å². The average molecular weight is 398 g/mol. The summed E-state index contributed by atoms with van der Waals surface area (Å²) in [5, 5.41) is 0. The molecule has 0 aliphatic rings. The molecule has 0 spiro atoms. The summed E-state index contributed by atoms with van der Waals surface area (Å²) in [6, 6.07) is 10.2. The van der Waals surface area contributed by atoms with E-state index in [2.05, 4.69) is 18.2 Å². The second-order valence-corrected chi connectivity index (χ2v) is 8.97. The normalized spacial score (nSPS) is 12.4. The van der Waals surface area contributed by atoms with Gasteiger partial charge in [0.2, 0.25) is 10.0 Å². The third-order valence-corrected chi connectivity index (χ3v) is 6.81. The summed E-state index contributed by atoms with van der Waals surface area (Å²) >= 11 is 0.933. The highest BCUT2D eigenvalue weighted by atomic mass is 32.2. The average Bonchev–Trinajstić information content (AvgIpc) is 3.03. The van der Waals surface area contributed by atoms with E-state index in [0.29, 0.717) is 11.0 Å². The Balaban J connectivity index is 1.90. The Morgan fingerprint density at radius 3 is 2.36 bits per heavy atom. The zero-order valence-electron chi connectivity index (χ0n) is 13.0. The number of hydrogen-bond acceptors (Lipinski definition) is 7. The first-order valence-corrected chi connectivity index (χ1v) is 10.9. The molecule has 132 valence electrons. The van der Waals surface area contributed by atoms with Crippen molar-refractivity contribution in [1.29, 1.82) is 0 Å². The number of aromatic nitrogens is 2. The molecule has 0 saturated heterocycles. The van der Waals surface area contributed by atoms with Crippen LogP contribution in [0.4, 0.5) is 5.69 Å². The Morgan fingerprint density at radius 2 is 1.68 bits per heavy atom. The molecule has 3 aromatic rings. The fourth-order valence-electron chi connectivity index (χ4n) is 2.18. The zero-order chi connectivity index (χ0) is 18.1. The molecular formula is C14H14N4O4S3. The van der Waals surface area contributed by atoms with Crippen LogP contribution in [0.1, 0.15) is 6.92 Å². The van der Waals surface area contributed by atoms with Gasteiger partial charge in [0.1, 0.15) is 15.9 Å². The number of hydrogen-bond donors (Lipinski definition) is 2. The van der Waals surface area contributed by atoms with Gasteiger partial charge >= 0.3 is 0 Å². The van der Waals surface area contributed by atoms with E-state index in [0.717, 1.165) is 11.7 Å². The molecule has 0 aliphatic heterocycles. The first-order chi connectivity index (χ1) is 11.8. The first kappa shape index (κ1) is 17.7. The minimum Gasteiger partial charge on any atom is -0.280 e. The molecule has 11 heteroatoms.